The van der Waals surface area contributed by atoms with Crippen molar-refractivity contribution in [2.75, 3.05) is 27.2 Å². The number of hydrogen-bond acceptors (Lipinski definition) is 3. The van der Waals surface area contributed by atoms with Crippen molar-refractivity contribution >= 4 is 5.78 Å². The maximum Gasteiger partial charge on any atom is 0.176 e. The molecule has 1 rings (SSSR count). The third kappa shape index (κ3) is 16.0. The molecular weight excluding hydrogens is 382 g/mol. The van der Waals surface area contributed by atoms with E-state index in [4.69, 9.17) is 4.74 Å². The van der Waals surface area contributed by atoms with Gasteiger partial charge in [-0.05, 0) is 44.8 Å². The highest BCUT2D eigenvalue weighted by Gasteiger charge is 2.06. The number of ether oxygens (including phenoxy) is 1. The van der Waals surface area contributed by atoms with Crippen LogP contribution in [0.1, 0.15) is 120 Å². The van der Waals surface area contributed by atoms with Crippen LogP contribution in [-0.4, -0.2) is 37.9 Å². The topological polar surface area (TPSA) is 29.5 Å². The lowest BCUT2D eigenvalue weighted by molar-refractivity contribution is 0.0958. The lowest BCUT2D eigenvalue weighted by Gasteiger charge is -2.09. The molecule has 0 aliphatic carbocycles. The van der Waals surface area contributed by atoms with Gasteiger partial charge in [0, 0.05) is 5.56 Å². The zero-order chi connectivity index (χ0) is 22.6. The van der Waals surface area contributed by atoms with Gasteiger partial charge in [0.2, 0.25) is 0 Å². The maximum atomic E-state index is 12.0. The first-order chi connectivity index (χ1) is 15.1. The van der Waals surface area contributed by atoms with Gasteiger partial charge in [-0.3, -0.25) is 4.79 Å². The molecule has 1 aromatic rings. The van der Waals surface area contributed by atoms with E-state index in [2.05, 4.69) is 6.92 Å². The predicted octanol–water partition coefficient (Wildman–Crippen LogP) is 8.07. The number of likely N-dealkylation sites (N-methyl/N-ethyl adjacent to an activating group) is 1. The van der Waals surface area contributed by atoms with Gasteiger partial charge in [0.25, 0.3) is 0 Å². The number of carbonyl (C=O) groups is 1. The molecule has 0 unspecified atom stereocenters. The van der Waals surface area contributed by atoms with Crippen molar-refractivity contribution in [3.8, 4) is 5.75 Å². The molecule has 0 amide bonds. The summed E-state index contributed by atoms with van der Waals surface area (Å²) in [5, 5.41) is 0. The monoisotopic (exact) mass is 431 g/mol. The number of rotatable bonds is 21. The molecular formula is C28H49NO2. The van der Waals surface area contributed by atoms with Gasteiger partial charge in [-0.15, -0.1) is 0 Å². The van der Waals surface area contributed by atoms with Crippen LogP contribution in [0.3, 0.4) is 0 Å². The van der Waals surface area contributed by atoms with Crippen LogP contribution >= 0.6 is 0 Å². The van der Waals surface area contributed by atoms with Crippen LogP contribution in [0, 0.1) is 0 Å². The molecule has 0 spiro atoms. The molecule has 0 heterocycles. The fraction of sp³-hybridized carbons (Fsp3) is 0.750. The van der Waals surface area contributed by atoms with Crippen molar-refractivity contribution in [3.05, 3.63) is 29.8 Å². The number of ketones is 1. The lowest BCUT2D eigenvalue weighted by atomic mass is 10.0. The van der Waals surface area contributed by atoms with E-state index >= 15 is 0 Å². The quantitative estimate of drug-likeness (QED) is 0.145. The summed E-state index contributed by atoms with van der Waals surface area (Å²) in [5.41, 5.74) is 0.753. The van der Waals surface area contributed by atoms with Crippen molar-refractivity contribution in [2.45, 2.75) is 110 Å². The summed E-state index contributed by atoms with van der Waals surface area (Å²) in [7, 11) is 3.82. The minimum atomic E-state index is 0.148. The minimum Gasteiger partial charge on any atom is -0.494 e. The van der Waals surface area contributed by atoms with Gasteiger partial charge in [-0.2, -0.15) is 0 Å². The second kappa shape index (κ2) is 19.3. The molecule has 0 radical (unpaired) electrons. The predicted molar refractivity (Wildman–Crippen MR) is 134 cm³/mol. The fourth-order valence-electron chi connectivity index (χ4n) is 3.96. The highest BCUT2D eigenvalue weighted by atomic mass is 16.5. The smallest absolute Gasteiger partial charge is 0.176 e. The van der Waals surface area contributed by atoms with Crippen molar-refractivity contribution < 1.29 is 9.53 Å². The van der Waals surface area contributed by atoms with E-state index in [-0.39, 0.29) is 5.78 Å². The summed E-state index contributed by atoms with van der Waals surface area (Å²) in [4.78, 5) is 13.9. The number of benzene rings is 1. The van der Waals surface area contributed by atoms with Crippen LogP contribution < -0.4 is 4.74 Å². The summed E-state index contributed by atoms with van der Waals surface area (Å²) in [6.07, 6.45) is 22.1. The van der Waals surface area contributed by atoms with Gasteiger partial charge in [0.15, 0.2) is 5.78 Å². The summed E-state index contributed by atoms with van der Waals surface area (Å²) < 4.78 is 5.82. The number of hydrogen-bond donors (Lipinski definition) is 0. The Hall–Kier alpha value is -1.35. The van der Waals surface area contributed by atoms with E-state index in [1.165, 1.54) is 96.3 Å². The Morgan fingerprint density at radius 1 is 0.677 bits per heavy atom. The average molecular weight is 432 g/mol. The largest absolute Gasteiger partial charge is 0.494 e. The van der Waals surface area contributed by atoms with Crippen LogP contribution in [0.25, 0.3) is 0 Å². The zero-order valence-electron chi connectivity index (χ0n) is 20.8. The summed E-state index contributed by atoms with van der Waals surface area (Å²) >= 11 is 0. The number of unbranched alkanes of at least 4 members (excludes halogenated alkanes) is 15. The van der Waals surface area contributed by atoms with Crippen molar-refractivity contribution in [1.82, 2.24) is 4.90 Å². The standard InChI is InChI=1S/C28H49NO2/c1-4-5-6-7-8-9-10-11-12-13-14-15-16-17-18-19-24-31-27-22-20-26(21-23-27)28(30)25-29(2)3/h20-23H,4-19,24-25H2,1-3H3. The number of Topliss-reactive ketones (excluding diaryl/α,β-unsaturated/α-hetero) is 1. The summed E-state index contributed by atoms with van der Waals surface area (Å²) in [6.45, 7) is 3.50. The second-order valence-corrected chi connectivity index (χ2v) is 9.34. The molecule has 0 aliphatic heterocycles. The van der Waals surface area contributed by atoms with Crippen LogP contribution in [0.5, 0.6) is 5.75 Å². The van der Waals surface area contributed by atoms with Crippen molar-refractivity contribution in [3.63, 3.8) is 0 Å². The SMILES string of the molecule is CCCCCCCCCCCCCCCCCCOc1ccc(C(=O)CN(C)C)cc1. The van der Waals surface area contributed by atoms with E-state index in [9.17, 15) is 4.79 Å². The Morgan fingerprint density at radius 2 is 1.10 bits per heavy atom. The van der Waals surface area contributed by atoms with Crippen LogP contribution in [0.4, 0.5) is 0 Å². The first-order valence-corrected chi connectivity index (χ1v) is 13.0. The van der Waals surface area contributed by atoms with E-state index in [1.807, 2.05) is 43.3 Å². The van der Waals surface area contributed by atoms with Gasteiger partial charge >= 0.3 is 0 Å². The first kappa shape index (κ1) is 27.7. The maximum absolute atomic E-state index is 12.0. The Morgan fingerprint density at radius 3 is 1.52 bits per heavy atom. The average Bonchev–Trinajstić information content (AvgIpc) is 2.76. The highest BCUT2D eigenvalue weighted by Crippen LogP contribution is 2.15. The van der Waals surface area contributed by atoms with Crippen molar-refractivity contribution in [1.29, 1.82) is 0 Å². The number of nitrogens with zero attached hydrogens (tertiary/aromatic N) is 1. The fourth-order valence-corrected chi connectivity index (χ4v) is 3.96. The molecule has 0 saturated carbocycles. The van der Waals surface area contributed by atoms with Gasteiger partial charge in [0.05, 0.1) is 13.2 Å². The Balaban J connectivity index is 1.87. The molecule has 0 aliphatic rings. The number of carbonyl (C=O) groups excluding carboxylic acids is 1. The van der Waals surface area contributed by atoms with Crippen LogP contribution in [0.15, 0.2) is 24.3 Å². The Kier molecular flexibility index (Phi) is 17.3. The molecule has 1 aromatic carbocycles. The minimum absolute atomic E-state index is 0.148. The molecule has 0 atom stereocenters. The summed E-state index contributed by atoms with van der Waals surface area (Å²) in [5.74, 6) is 1.01. The molecule has 0 N–H and O–H groups in total. The molecule has 3 nitrogen and oxygen atoms in total. The third-order valence-electron chi connectivity index (χ3n) is 5.90. The van der Waals surface area contributed by atoms with Gasteiger partial charge in [-0.25, -0.2) is 0 Å². The molecule has 0 aromatic heterocycles. The molecule has 0 bridgehead atoms. The van der Waals surface area contributed by atoms with Crippen molar-refractivity contribution in [2.24, 2.45) is 0 Å². The highest BCUT2D eigenvalue weighted by molar-refractivity contribution is 5.97. The molecule has 3 heteroatoms. The van der Waals surface area contributed by atoms with E-state index < -0.39 is 0 Å². The lowest BCUT2D eigenvalue weighted by Crippen LogP contribution is -2.21. The van der Waals surface area contributed by atoms with Gasteiger partial charge in [-0.1, -0.05) is 103 Å². The van der Waals surface area contributed by atoms with Gasteiger partial charge in [0.1, 0.15) is 5.75 Å². The summed E-state index contributed by atoms with van der Waals surface area (Å²) in [6, 6.07) is 7.56. The van der Waals surface area contributed by atoms with Crippen LogP contribution in [0.2, 0.25) is 0 Å². The molecule has 31 heavy (non-hydrogen) atoms. The zero-order valence-corrected chi connectivity index (χ0v) is 20.8. The van der Waals surface area contributed by atoms with E-state index in [0.717, 1.165) is 24.3 Å². The molecule has 178 valence electrons. The first-order valence-electron chi connectivity index (χ1n) is 13.0. The molecule has 0 saturated heterocycles. The normalized spacial score (nSPS) is 11.2. The third-order valence-corrected chi connectivity index (χ3v) is 5.90. The Bertz CT molecular complexity index is 538. The molecule has 0 fully saturated rings. The van der Waals surface area contributed by atoms with E-state index in [0.29, 0.717) is 6.54 Å². The Labute approximate surface area is 192 Å². The van der Waals surface area contributed by atoms with Crippen LogP contribution in [-0.2, 0) is 0 Å². The van der Waals surface area contributed by atoms with Gasteiger partial charge < -0.3 is 9.64 Å². The second-order valence-electron chi connectivity index (χ2n) is 9.34. The van der Waals surface area contributed by atoms with E-state index in [1.54, 1.807) is 0 Å².